The Bertz CT molecular complexity index is 128. The summed E-state index contributed by atoms with van der Waals surface area (Å²) in [6.07, 6.45) is 4.62. The maximum absolute atomic E-state index is 6.05. The molecule has 0 heterocycles. The number of hydrogen-bond acceptors (Lipinski definition) is 1. The summed E-state index contributed by atoms with van der Waals surface area (Å²) in [4.78, 5) is 0. The molecule has 0 amide bonds. The molecule has 0 spiro atoms. The molecule has 0 saturated heterocycles. The van der Waals surface area contributed by atoms with Crippen LogP contribution < -0.4 is 0 Å². The van der Waals surface area contributed by atoms with Crippen molar-refractivity contribution in [3.05, 3.63) is 0 Å². The normalized spacial score (nSPS) is 32.7. The van der Waals surface area contributed by atoms with E-state index in [9.17, 15) is 0 Å². The summed E-state index contributed by atoms with van der Waals surface area (Å²) in [6.45, 7) is 9.14. The summed E-state index contributed by atoms with van der Waals surface area (Å²) in [6, 6.07) is 0. The van der Waals surface area contributed by atoms with Gasteiger partial charge < -0.3 is 4.43 Å². The van der Waals surface area contributed by atoms with Gasteiger partial charge in [0.25, 0.3) is 0 Å². The van der Waals surface area contributed by atoms with E-state index >= 15 is 0 Å². The van der Waals surface area contributed by atoms with Crippen LogP contribution in [0.3, 0.4) is 0 Å². The van der Waals surface area contributed by atoms with Gasteiger partial charge in [0, 0.05) is 6.10 Å². The van der Waals surface area contributed by atoms with Gasteiger partial charge in [-0.2, -0.15) is 0 Å². The average Bonchev–Trinajstić information content (AvgIpc) is 2.12. The van der Waals surface area contributed by atoms with E-state index in [1.807, 2.05) is 0 Å². The zero-order chi connectivity index (χ0) is 8.48. The van der Waals surface area contributed by atoms with Gasteiger partial charge >= 0.3 is 0 Å². The van der Waals surface area contributed by atoms with Crippen LogP contribution in [0.5, 0.6) is 0 Å². The molecule has 0 N–H and O–H groups in total. The molecule has 1 aliphatic carbocycles. The van der Waals surface area contributed by atoms with E-state index in [1.54, 1.807) is 0 Å². The van der Waals surface area contributed by atoms with Crippen molar-refractivity contribution < 1.29 is 4.43 Å². The van der Waals surface area contributed by atoms with Gasteiger partial charge in [-0.1, -0.05) is 13.3 Å². The highest BCUT2D eigenvalue weighted by Crippen LogP contribution is 2.29. The van der Waals surface area contributed by atoms with Crippen LogP contribution in [0.1, 0.15) is 26.2 Å². The van der Waals surface area contributed by atoms with Crippen molar-refractivity contribution in [1.82, 2.24) is 0 Å². The van der Waals surface area contributed by atoms with Crippen molar-refractivity contribution >= 4 is 8.32 Å². The van der Waals surface area contributed by atoms with E-state index in [1.165, 1.54) is 19.3 Å². The van der Waals surface area contributed by atoms with Crippen molar-refractivity contribution in [3.63, 3.8) is 0 Å². The summed E-state index contributed by atoms with van der Waals surface area (Å²) >= 11 is 0. The van der Waals surface area contributed by atoms with Crippen molar-refractivity contribution in [2.75, 3.05) is 0 Å². The fourth-order valence-electron chi connectivity index (χ4n) is 1.74. The molecule has 0 aromatic heterocycles. The van der Waals surface area contributed by atoms with Gasteiger partial charge in [-0.15, -0.1) is 0 Å². The molecule has 0 aromatic rings. The second kappa shape index (κ2) is 3.28. The van der Waals surface area contributed by atoms with E-state index in [2.05, 4.69) is 26.6 Å². The van der Waals surface area contributed by atoms with Crippen molar-refractivity contribution in [2.24, 2.45) is 5.92 Å². The van der Waals surface area contributed by atoms with E-state index in [-0.39, 0.29) is 0 Å². The molecule has 2 heteroatoms. The molecular weight excluding hydrogens is 152 g/mol. The predicted octanol–water partition coefficient (Wildman–Crippen LogP) is 3.03. The molecule has 0 aliphatic heterocycles. The second-order valence-corrected chi connectivity index (χ2v) is 9.14. The fourth-order valence-corrected chi connectivity index (χ4v) is 3.00. The Morgan fingerprint density at radius 2 is 1.82 bits per heavy atom. The van der Waals surface area contributed by atoms with Crippen LogP contribution in [-0.4, -0.2) is 14.4 Å². The molecule has 66 valence electrons. The summed E-state index contributed by atoms with van der Waals surface area (Å²) in [5.41, 5.74) is 0. The third-order valence-corrected chi connectivity index (χ3v) is 3.30. The lowest BCUT2D eigenvalue weighted by molar-refractivity contribution is 0.160. The molecule has 11 heavy (non-hydrogen) atoms. The highest BCUT2D eigenvalue weighted by atomic mass is 28.4. The molecule has 0 aromatic carbocycles. The Morgan fingerprint density at radius 1 is 1.18 bits per heavy atom. The van der Waals surface area contributed by atoms with Crippen molar-refractivity contribution in [3.8, 4) is 0 Å². The van der Waals surface area contributed by atoms with Gasteiger partial charge in [-0.3, -0.25) is 0 Å². The maximum atomic E-state index is 6.05. The zero-order valence-electron chi connectivity index (χ0n) is 8.18. The standard InChI is InChI=1S/C9H20OSi/c1-8-6-5-7-9(8)10-11(2,3)4/h8-9H,5-7H2,1-4H3/t8-,9+/m0/s1. The van der Waals surface area contributed by atoms with Crippen LogP contribution in [0.4, 0.5) is 0 Å². The first-order chi connectivity index (χ1) is 4.99. The molecular formula is C9H20OSi. The van der Waals surface area contributed by atoms with Crippen molar-refractivity contribution in [1.29, 1.82) is 0 Å². The molecule has 0 unspecified atom stereocenters. The molecule has 1 aliphatic rings. The van der Waals surface area contributed by atoms with Crippen molar-refractivity contribution in [2.45, 2.75) is 51.9 Å². The highest BCUT2D eigenvalue weighted by molar-refractivity contribution is 6.69. The molecule has 1 rings (SSSR count). The van der Waals surface area contributed by atoms with Crippen LogP contribution in [0.2, 0.25) is 19.6 Å². The molecule has 2 atom stereocenters. The molecule has 1 fully saturated rings. The Morgan fingerprint density at radius 3 is 2.18 bits per heavy atom. The Kier molecular flexibility index (Phi) is 2.76. The van der Waals surface area contributed by atoms with E-state index in [0.29, 0.717) is 6.10 Å². The lowest BCUT2D eigenvalue weighted by atomic mass is 10.1. The summed E-state index contributed by atoms with van der Waals surface area (Å²) < 4.78 is 6.05. The first-order valence-electron chi connectivity index (χ1n) is 4.67. The third kappa shape index (κ3) is 2.95. The van der Waals surface area contributed by atoms with Gasteiger partial charge in [-0.25, -0.2) is 0 Å². The smallest absolute Gasteiger partial charge is 0.184 e. The number of rotatable bonds is 2. The minimum absolute atomic E-state index is 0.585. The molecule has 0 radical (unpaired) electrons. The largest absolute Gasteiger partial charge is 0.414 e. The number of hydrogen-bond donors (Lipinski definition) is 0. The lowest BCUT2D eigenvalue weighted by Gasteiger charge is -2.25. The molecule has 1 nitrogen and oxygen atoms in total. The minimum Gasteiger partial charge on any atom is -0.414 e. The van der Waals surface area contributed by atoms with Crippen LogP contribution in [0, 0.1) is 5.92 Å². The average molecular weight is 172 g/mol. The SMILES string of the molecule is C[C@H]1CCC[C@H]1O[Si](C)(C)C. The van der Waals surface area contributed by atoms with Crippen LogP contribution >= 0.6 is 0 Å². The molecule has 1 saturated carbocycles. The summed E-state index contributed by atoms with van der Waals surface area (Å²) in [7, 11) is -1.26. The first-order valence-corrected chi connectivity index (χ1v) is 8.08. The Balaban J connectivity index is 2.37. The van der Waals surface area contributed by atoms with Gasteiger partial charge in [0.2, 0.25) is 0 Å². The van der Waals surface area contributed by atoms with Gasteiger partial charge in [-0.05, 0) is 38.4 Å². The zero-order valence-corrected chi connectivity index (χ0v) is 9.18. The lowest BCUT2D eigenvalue weighted by Crippen LogP contribution is -2.33. The Labute approximate surface area is 71.3 Å². The fraction of sp³-hybridized carbons (Fsp3) is 1.00. The summed E-state index contributed by atoms with van der Waals surface area (Å²) in [5, 5.41) is 0. The first kappa shape index (κ1) is 9.27. The molecule has 0 bridgehead atoms. The maximum Gasteiger partial charge on any atom is 0.184 e. The topological polar surface area (TPSA) is 9.23 Å². The van der Waals surface area contributed by atoms with Gasteiger partial charge in [0.15, 0.2) is 8.32 Å². The third-order valence-electron chi connectivity index (χ3n) is 2.29. The van der Waals surface area contributed by atoms with E-state index < -0.39 is 8.32 Å². The monoisotopic (exact) mass is 172 g/mol. The van der Waals surface area contributed by atoms with Gasteiger partial charge in [0.1, 0.15) is 0 Å². The van der Waals surface area contributed by atoms with E-state index in [4.69, 9.17) is 4.43 Å². The summed E-state index contributed by atoms with van der Waals surface area (Å²) in [5.74, 6) is 0.807. The quantitative estimate of drug-likeness (QED) is 0.582. The Hall–Kier alpha value is 0.177. The minimum atomic E-state index is -1.26. The highest BCUT2D eigenvalue weighted by Gasteiger charge is 2.28. The van der Waals surface area contributed by atoms with Crippen LogP contribution in [-0.2, 0) is 4.43 Å². The van der Waals surface area contributed by atoms with Crippen LogP contribution in [0.15, 0.2) is 0 Å². The second-order valence-electron chi connectivity index (χ2n) is 4.68. The van der Waals surface area contributed by atoms with E-state index in [0.717, 1.165) is 5.92 Å². The predicted molar refractivity (Wildman–Crippen MR) is 51.2 cm³/mol. The van der Waals surface area contributed by atoms with Crippen LogP contribution in [0.25, 0.3) is 0 Å². The van der Waals surface area contributed by atoms with Gasteiger partial charge in [0.05, 0.1) is 0 Å².